The molecule has 0 bridgehead atoms. The van der Waals surface area contributed by atoms with Gasteiger partial charge in [-0.25, -0.2) is 9.97 Å². The van der Waals surface area contributed by atoms with Crippen LogP contribution in [0.1, 0.15) is 10.4 Å². The molecule has 0 unspecified atom stereocenters. The Hall–Kier alpha value is -3.71. The quantitative estimate of drug-likeness (QED) is 0.551. The van der Waals surface area contributed by atoms with Gasteiger partial charge in [-0.05, 0) is 24.3 Å². The zero-order chi connectivity index (χ0) is 20.5. The first-order valence-corrected chi connectivity index (χ1v) is 9.87. The van der Waals surface area contributed by atoms with E-state index in [0.29, 0.717) is 49.1 Å². The van der Waals surface area contributed by atoms with Crippen molar-refractivity contribution in [3.05, 3.63) is 66.4 Å². The molecule has 0 saturated carbocycles. The number of anilines is 1. The van der Waals surface area contributed by atoms with Crippen LogP contribution in [0.4, 0.5) is 5.82 Å². The molecule has 1 aliphatic heterocycles. The number of aromatic nitrogens is 3. The van der Waals surface area contributed by atoms with Crippen LogP contribution in [0.15, 0.2) is 60.8 Å². The Bertz CT molecular complexity index is 1180. The van der Waals surface area contributed by atoms with Gasteiger partial charge in [0.25, 0.3) is 5.91 Å². The minimum absolute atomic E-state index is 0.0204. The lowest BCUT2D eigenvalue weighted by molar-refractivity contribution is 0.0303. The van der Waals surface area contributed by atoms with Gasteiger partial charge < -0.3 is 20.4 Å². The van der Waals surface area contributed by atoms with Crippen molar-refractivity contribution in [2.45, 2.75) is 0 Å². The molecule has 7 heteroatoms. The summed E-state index contributed by atoms with van der Waals surface area (Å²) in [6, 6.07) is 17.5. The van der Waals surface area contributed by atoms with Gasteiger partial charge in [0.05, 0.1) is 30.8 Å². The Kier molecular flexibility index (Phi) is 4.65. The standard InChI is InChI=1S/C23H21N5O2/c24-22-21(19-13-17-3-1-2-4-18(17)26-19)27-20(14-25-22)15-5-7-16(8-6-15)23(29)28-9-11-30-12-10-28/h1-8,13-14,26H,9-12H2,(H2,24,25). The number of ether oxygens (including phenoxy) is 1. The summed E-state index contributed by atoms with van der Waals surface area (Å²) in [6.45, 7) is 2.42. The maximum absolute atomic E-state index is 12.6. The lowest BCUT2D eigenvalue weighted by Gasteiger charge is -2.26. The number of aromatic amines is 1. The molecule has 0 spiro atoms. The summed E-state index contributed by atoms with van der Waals surface area (Å²) in [6.07, 6.45) is 1.65. The van der Waals surface area contributed by atoms with Crippen LogP contribution in [0.25, 0.3) is 33.5 Å². The van der Waals surface area contributed by atoms with Crippen molar-refractivity contribution >= 4 is 22.6 Å². The fraction of sp³-hybridized carbons (Fsp3) is 0.174. The van der Waals surface area contributed by atoms with Crippen LogP contribution >= 0.6 is 0 Å². The van der Waals surface area contributed by atoms with E-state index < -0.39 is 0 Å². The molecule has 4 aromatic rings. The molecule has 1 aliphatic rings. The maximum atomic E-state index is 12.6. The van der Waals surface area contributed by atoms with E-state index in [2.05, 4.69) is 9.97 Å². The number of para-hydroxylation sites is 1. The summed E-state index contributed by atoms with van der Waals surface area (Å²) >= 11 is 0. The Labute approximate surface area is 173 Å². The second-order valence-electron chi connectivity index (χ2n) is 7.24. The number of nitrogens with zero attached hydrogens (tertiary/aromatic N) is 3. The fourth-order valence-electron chi connectivity index (χ4n) is 3.67. The third-order valence-corrected chi connectivity index (χ3v) is 5.31. The second-order valence-corrected chi connectivity index (χ2v) is 7.24. The molecule has 1 amide bonds. The van der Waals surface area contributed by atoms with Gasteiger partial charge in [-0.1, -0.05) is 30.3 Å². The lowest BCUT2D eigenvalue weighted by atomic mass is 10.1. The number of fused-ring (bicyclic) bond motifs is 1. The van der Waals surface area contributed by atoms with Gasteiger partial charge in [-0.3, -0.25) is 4.79 Å². The van der Waals surface area contributed by atoms with Crippen LogP contribution in [-0.2, 0) is 4.74 Å². The van der Waals surface area contributed by atoms with E-state index in [0.717, 1.165) is 22.2 Å². The monoisotopic (exact) mass is 399 g/mol. The first kappa shape index (κ1) is 18.3. The maximum Gasteiger partial charge on any atom is 0.254 e. The molecule has 5 rings (SSSR count). The van der Waals surface area contributed by atoms with Crippen LogP contribution in [0.5, 0.6) is 0 Å². The molecule has 2 aromatic carbocycles. The fourth-order valence-corrected chi connectivity index (χ4v) is 3.67. The van der Waals surface area contributed by atoms with Crippen LogP contribution in [0.3, 0.4) is 0 Å². The van der Waals surface area contributed by atoms with E-state index >= 15 is 0 Å². The third kappa shape index (κ3) is 3.40. The van der Waals surface area contributed by atoms with Gasteiger partial charge in [-0.2, -0.15) is 0 Å². The van der Waals surface area contributed by atoms with E-state index in [1.54, 1.807) is 6.20 Å². The van der Waals surface area contributed by atoms with Gasteiger partial charge in [0, 0.05) is 35.1 Å². The molecule has 30 heavy (non-hydrogen) atoms. The molecule has 0 aliphatic carbocycles. The van der Waals surface area contributed by atoms with E-state index in [-0.39, 0.29) is 5.91 Å². The van der Waals surface area contributed by atoms with Crippen molar-refractivity contribution in [2.24, 2.45) is 0 Å². The number of carbonyl (C=O) groups is 1. The third-order valence-electron chi connectivity index (χ3n) is 5.31. The van der Waals surface area contributed by atoms with Gasteiger partial charge in [-0.15, -0.1) is 0 Å². The number of amides is 1. The van der Waals surface area contributed by atoms with Crippen LogP contribution in [0.2, 0.25) is 0 Å². The Morgan fingerprint density at radius 3 is 2.60 bits per heavy atom. The molecular weight excluding hydrogens is 378 g/mol. The molecule has 2 aromatic heterocycles. The number of nitrogen functional groups attached to an aromatic ring is 1. The highest BCUT2D eigenvalue weighted by atomic mass is 16.5. The van der Waals surface area contributed by atoms with Crippen molar-refractivity contribution in [3.8, 4) is 22.6 Å². The highest BCUT2D eigenvalue weighted by Gasteiger charge is 2.18. The summed E-state index contributed by atoms with van der Waals surface area (Å²) in [4.78, 5) is 26.9. The van der Waals surface area contributed by atoms with Crippen molar-refractivity contribution in [3.63, 3.8) is 0 Å². The highest BCUT2D eigenvalue weighted by molar-refractivity contribution is 5.94. The van der Waals surface area contributed by atoms with Crippen LogP contribution in [-0.4, -0.2) is 52.1 Å². The largest absolute Gasteiger partial charge is 0.382 e. The van der Waals surface area contributed by atoms with Crippen molar-refractivity contribution in [1.29, 1.82) is 0 Å². The zero-order valence-corrected chi connectivity index (χ0v) is 16.3. The predicted molar refractivity (Wildman–Crippen MR) is 116 cm³/mol. The Morgan fingerprint density at radius 1 is 1.07 bits per heavy atom. The second kappa shape index (κ2) is 7.61. The number of nitrogens with one attached hydrogen (secondary N) is 1. The Morgan fingerprint density at radius 2 is 1.83 bits per heavy atom. The highest BCUT2D eigenvalue weighted by Crippen LogP contribution is 2.28. The molecule has 3 N–H and O–H groups in total. The summed E-state index contributed by atoms with van der Waals surface area (Å²) < 4.78 is 5.32. The SMILES string of the molecule is Nc1ncc(-c2ccc(C(=O)N3CCOCC3)cc2)nc1-c1cc2ccccc2[nH]1. The van der Waals surface area contributed by atoms with Crippen molar-refractivity contribution in [2.75, 3.05) is 32.0 Å². The smallest absolute Gasteiger partial charge is 0.254 e. The number of hydrogen-bond acceptors (Lipinski definition) is 5. The average Bonchev–Trinajstić information content (AvgIpc) is 3.24. The molecule has 0 radical (unpaired) electrons. The average molecular weight is 399 g/mol. The number of rotatable bonds is 3. The van der Waals surface area contributed by atoms with Gasteiger partial charge in [0.2, 0.25) is 0 Å². The van der Waals surface area contributed by atoms with E-state index in [1.165, 1.54) is 0 Å². The predicted octanol–water partition coefficient (Wildman–Crippen LogP) is 3.35. The first-order valence-electron chi connectivity index (χ1n) is 9.87. The van der Waals surface area contributed by atoms with E-state index in [9.17, 15) is 4.79 Å². The number of hydrogen-bond donors (Lipinski definition) is 2. The molecule has 150 valence electrons. The number of H-pyrrole nitrogens is 1. The van der Waals surface area contributed by atoms with Gasteiger partial charge >= 0.3 is 0 Å². The van der Waals surface area contributed by atoms with Crippen LogP contribution in [0, 0.1) is 0 Å². The van der Waals surface area contributed by atoms with Crippen molar-refractivity contribution < 1.29 is 9.53 Å². The number of nitrogens with two attached hydrogens (primary N) is 1. The van der Waals surface area contributed by atoms with Crippen molar-refractivity contribution in [1.82, 2.24) is 19.9 Å². The molecular formula is C23H21N5O2. The lowest BCUT2D eigenvalue weighted by Crippen LogP contribution is -2.40. The minimum atomic E-state index is 0.0204. The summed E-state index contributed by atoms with van der Waals surface area (Å²) in [5.41, 5.74) is 10.8. The molecule has 7 nitrogen and oxygen atoms in total. The van der Waals surface area contributed by atoms with E-state index in [4.69, 9.17) is 15.5 Å². The molecule has 1 saturated heterocycles. The van der Waals surface area contributed by atoms with Gasteiger partial charge in [0.15, 0.2) is 5.82 Å². The molecule has 1 fully saturated rings. The molecule has 3 heterocycles. The minimum Gasteiger partial charge on any atom is -0.382 e. The summed E-state index contributed by atoms with van der Waals surface area (Å²) in [5.74, 6) is 0.386. The van der Waals surface area contributed by atoms with Gasteiger partial charge in [0.1, 0.15) is 5.69 Å². The summed E-state index contributed by atoms with van der Waals surface area (Å²) in [7, 11) is 0. The first-order chi connectivity index (χ1) is 14.7. The summed E-state index contributed by atoms with van der Waals surface area (Å²) in [5, 5.41) is 1.09. The zero-order valence-electron chi connectivity index (χ0n) is 16.3. The van der Waals surface area contributed by atoms with E-state index in [1.807, 2.05) is 59.5 Å². The number of benzene rings is 2. The number of morpholine rings is 1. The normalized spacial score (nSPS) is 14.2. The Balaban J connectivity index is 1.44. The molecule has 0 atom stereocenters. The topological polar surface area (TPSA) is 97.1 Å². The van der Waals surface area contributed by atoms with Crippen LogP contribution < -0.4 is 5.73 Å². The number of carbonyl (C=O) groups excluding carboxylic acids is 1.